The third-order valence-electron chi connectivity index (χ3n) is 2.53. The van der Waals surface area contributed by atoms with Gasteiger partial charge in [-0.15, -0.1) is 0 Å². The van der Waals surface area contributed by atoms with E-state index in [-0.39, 0.29) is 17.4 Å². The second-order valence-corrected chi connectivity index (χ2v) is 4.52. The topological polar surface area (TPSA) is 122 Å². The fourth-order valence-corrected chi connectivity index (χ4v) is 1.50. The molecule has 0 fully saturated rings. The zero-order chi connectivity index (χ0) is 16.0. The Kier molecular flexibility index (Phi) is 5.42. The Hall–Kier alpha value is -2.89. The van der Waals surface area contributed by atoms with E-state index in [2.05, 4.69) is 5.32 Å². The number of aryl methyl sites for hydroxylation is 1. The van der Waals surface area contributed by atoms with Gasteiger partial charge in [-0.2, -0.15) is 0 Å². The molecule has 6 nitrogen and oxygen atoms in total. The van der Waals surface area contributed by atoms with E-state index in [1.807, 2.05) is 13.0 Å². The van der Waals surface area contributed by atoms with Crippen molar-refractivity contribution < 1.29 is 15.0 Å². The maximum absolute atomic E-state index is 10.6. The minimum atomic E-state index is -0.181. The lowest BCUT2D eigenvalue weighted by atomic mass is 10.2. The summed E-state index contributed by atoms with van der Waals surface area (Å²) in [5.74, 6) is -0.0546. The zero-order valence-electron chi connectivity index (χ0n) is 11.9. The molecule has 0 saturated carbocycles. The van der Waals surface area contributed by atoms with Crippen molar-refractivity contribution in [1.82, 2.24) is 0 Å². The van der Waals surface area contributed by atoms with E-state index < -0.39 is 0 Å². The Morgan fingerprint density at radius 3 is 2.14 bits per heavy atom. The number of benzene rings is 2. The van der Waals surface area contributed by atoms with Crippen molar-refractivity contribution in [2.24, 2.45) is 0 Å². The van der Waals surface area contributed by atoms with Crippen LogP contribution in [-0.2, 0) is 4.79 Å². The number of nitrogens with two attached hydrogens (primary N) is 2. The maximum Gasteiger partial charge on any atom is 0.221 e. The van der Waals surface area contributed by atoms with Crippen molar-refractivity contribution in [3.8, 4) is 11.5 Å². The number of nitrogen functional groups attached to an aromatic ring is 2. The standard InChI is InChI=1S/C8H10N2O2.C7H9NO/c1-5(11)10-6-2-3-7(9)8(12)4-6;1-5-2-3-7(9)6(8)4-5/h2-4,12H,9H2,1H3,(H,10,11);2-4,9H,8H2,1H3. The fraction of sp³-hybridized carbons (Fsp3) is 0.133. The van der Waals surface area contributed by atoms with E-state index in [0.29, 0.717) is 17.1 Å². The van der Waals surface area contributed by atoms with Gasteiger partial charge >= 0.3 is 0 Å². The number of anilines is 3. The smallest absolute Gasteiger partial charge is 0.221 e. The van der Waals surface area contributed by atoms with Gasteiger partial charge in [-0.05, 0) is 36.8 Å². The average Bonchev–Trinajstić information content (AvgIpc) is 2.39. The number of amides is 1. The molecule has 0 unspecified atom stereocenters. The Bertz CT molecular complexity index is 642. The highest BCUT2D eigenvalue weighted by atomic mass is 16.3. The van der Waals surface area contributed by atoms with Crippen molar-refractivity contribution in [3.63, 3.8) is 0 Å². The molecule has 1 amide bonds. The van der Waals surface area contributed by atoms with Crippen molar-refractivity contribution in [2.75, 3.05) is 16.8 Å². The quantitative estimate of drug-likeness (QED) is 0.407. The number of rotatable bonds is 1. The number of hydrogen-bond donors (Lipinski definition) is 5. The summed E-state index contributed by atoms with van der Waals surface area (Å²) in [5.41, 5.74) is 13.1. The molecule has 0 heterocycles. The van der Waals surface area contributed by atoms with Crippen LogP contribution in [-0.4, -0.2) is 16.1 Å². The van der Waals surface area contributed by atoms with Gasteiger partial charge in [0.05, 0.1) is 11.4 Å². The molecular weight excluding hydrogens is 270 g/mol. The molecule has 0 spiro atoms. The van der Waals surface area contributed by atoms with Gasteiger partial charge in [0, 0.05) is 18.7 Å². The van der Waals surface area contributed by atoms with Gasteiger partial charge in [-0.3, -0.25) is 4.79 Å². The van der Waals surface area contributed by atoms with Crippen LogP contribution >= 0.6 is 0 Å². The van der Waals surface area contributed by atoms with Crippen molar-refractivity contribution in [1.29, 1.82) is 0 Å². The number of hydrogen-bond acceptors (Lipinski definition) is 5. The Morgan fingerprint density at radius 1 is 1.00 bits per heavy atom. The van der Waals surface area contributed by atoms with E-state index in [1.54, 1.807) is 18.2 Å². The van der Waals surface area contributed by atoms with Crippen molar-refractivity contribution in [3.05, 3.63) is 42.0 Å². The molecule has 21 heavy (non-hydrogen) atoms. The van der Waals surface area contributed by atoms with Crippen molar-refractivity contribution >= 4 is 23.0 Å². The van der Waals surface area contributed by atoms with Crippen LogP contribution in [0.3, 0.4) is 0 Å². The number of carbonyl (C=O) groups is 1. The molecule has 2 aromatic rings. The van der Waals surface area contributed by atoms with Gasteiger partial charge < -0.3 is 27.0 Å². The molecule has 6 heteroatoms. The number of phenols is 2. The summed E-state index contributed by atoms with van der Waals surface area (Å²) in [6.45, 7) is 3.32. The molecule has 0 radical (unpaired) electrons. The van der Waals surface area contributed by atoms with Crippen molar-refractivity contribution in [2.45, 2.75) is 13.8 Å². The molecular formula is C15H19N3O3. The predicted molar refractivity (Wildman–Crippen MR) is 84.1 cm³/mol. The van der Waals surface area contributed by atoms with Crippen LogP contribution in [0.2, 0.25) is 0 Å². The summed E-state index contributed by atoms with van der Waals surface area (Å²) in [6, 6.07) is 9.68. The van der Waals surface area contributed by atoms with E-state index in [9.17, 15) is 4.79 Å². The molecule has 0 aromatic heterocycles. The van der Waals surface area contributed by atoms with Gasteiger partial charge in [0.2, 0.25) is 5.91 Å². The lowest BCUT2D eigenvalue weighted by Crippen LogP contribution is -2.05. The van der Waals surface area contributed by atoms with E-state index >= 15 is 0 Å². The number of aromatic hydroxyl groups is 2. The lowest BCUT2D eigenvalue weighted by Gasteiger charge is -2.03. The minimum absolute atomic E-state index is 0.0266. The highest BCUT2D eigenvalue weighted by Crippen LogP contribution is 2.23. The van der Waals surface area contributed by atoms with Gasteiger partial charge in [-0.25, -0.2) is 0 Å². The summed E-state index contributed by atoms with van der Waals surface area (Å²) < 4.78 is 0. The van der Waals surface area contributed by atoms with Gasteiger partial charge in [-0.1, -0.05) is 6.07 Å². The van der Waals surface area contributed by atoms with E-state index in [1.165, 1.54) is 19.1 Å². The van der Waals surface area contributed by atoms with Gasteiger partial charge in [0.1, 0.15) is 11.5 Å². The fourth-order valence-electron chi connectivity index (χ4n) is 1.50. The number of carbonyl (C=O) groups excluding carboxylic acids is 1. The average molecular weight is 289 g/mol. The normalized spacial score (nSPS) is 9.43. The highest BCUT2D eigenvalue weighted by molar-refractivity contribution is 5.89. The molecule has 0 aliphatic rings. The highest BCUT2D eigenvalue weighted by Gasteiger charge is 1.99. The Morgan fingerprint density at radius 2 is 1.67 bits per heavy atom. The summed E-state index contributed by atoms with van der Waals surface area (Å²) in [7, 11) is 0. The first-order valence-electron chi connectivity index (χ1n) is 6.20. The summed E-state index contributed by atoms with van der Waals surface area (Å²) in [4.78, 5) is 10.6. The van der Waals surface area contributed by atoms with Crippen LogP contribution < -0.4 is 16.8 Å². The molecule has 0 atom stereocenters. The van der Waals surface area contributed by atoms with E-state index in [0.717, 1.165) is 5.56 Å². The Balaban J connectivity index is 0.000000219. The second-order valence-electron chi connectivity index (χ2n) is 4.52. The number of nitrogens with one attached hydrogen (secondary N) is 1. The largest absolute Gasteiger partial charge is 0.506 e. The van der Waals surface area contributed by atoms with Crippen LogP contribution in [0.25, 0.3) is 0 Å². The van der Waals surface area contributed by atoms with Crippen LogP contribution in [0.1, 0.15) is 12.5 Å². The molecule has 0 aliphatic carbocycles. The summed E-state index contributed by atoms with van der Waals surface area (Å²) >= 11 is 0. The first-order chi connectivity index (χ1) is 9.79. The molecule has 7 N–H and O–H groups in total. The monoisotopic (exact) mass is 289 g/mol. The summed E-state index contributed by atoms with van der Waals surface area (Å²) in [6.07, 6.45) is 0. The summed E-state index contributed by atoms with van der Waals surface area (Å²) in [5, 5.41) is 20.6. The number of phenolic OH excluding ortho intramolecular Hbond substituents is 2. The van der Waals surface area contributed by atoms with Crippen LogP contribution in [0.5, 0.6) is 11.5 Å². The molecule has 2 aromatic carbocycles. The molecule has 0 aliphatic heterocycles. The molecule has 0 bridgehead atoms. The zero-order valence-corrected chi connectivity index (χ0v) is 11.9. The second kappa shape index (κ2) is 7.04. The third-order valence-corrected chi connectivity index (χ3v) is 2.53. The van der Waals surface area contributed by atoms with Crippen LogP contribution in [0.15, 0.2) is 36.4 Å². The first kappa shape index (κ1) is 16.2. The maximum atomic E-state index is 10.6. The molecule has 112 valence electrons. The van der Waals surface area contributed by atoms with E-state index in [4.69, 9.17) is 21.7 Å². The minimum Gasteiger partial charge on any atom is -0.506 e. The van der Waals surface area contributed by atoms with Gasteiger partial charge in [0.25, 0.3) is 0 Å². The predicted octanol–water partition coefficient (Wildman–Crippen LogP) is 2.22. The molecule has 2 rings (SSSR count). The Labute approximate surface area is 123 Å². The first-order valence-corrected chi connectivity index (χ1v) is 6.20. The van der Waals surface area contributed by atoms with Gasteiger partial charge in [0.15, 0.2) is 0 Å². The third kappa shape index (κ3) is 5.32. The van der Waals surface area contributed by atoms with Crippen LogP contribution in [0, 0.1) is 6.92 Å². The molecule has 0 saturated heterocycles. The SMILES string of the molecule is CC(=O)Nc1ccc(N)c(O)c1.Cc1ccc(O)c(N)c1. The lowest BCUT2D eigenvalue weighted by molar-refractivity contribution is -0.114. The van der Waals surface area contributed by atoms with Crippen LogP contribution in [0.4, 0.5) is 17.1 Å².